The van der Waals surface area contributed by atoms with Crippen LogP contribution in [0.3, 0.4) is 0 Å². The van der Waals surface area contributed by atoms with Crippen molar-refractivity contribution in [3.05, 3.63) is 58.7 Å². The van der Waals surface area contributed by atoms with Crippen molar-refractivity contribution < 1.29 is 4.74 Å². The molecular weight excluding hydrogens is 246 g/mol. The quantitative estimate of drug-likeness (QED) is 0.906. The van der Waals surface area contributed by atoms with Gasteiger partial charge in [-0.25, -0.2) is 0 Å². The van der Waals surface area contributed by atoms with E-state index in [0.29, 0.717) is 0 Å². The van der Waals surface area contributed by atoms with E-state index >= 15 is 0 Å². The first-order valence-electron chi connectivity index (χ1n) is 7.19. The van der Waals surface area contributed by atoms with Gasteiger partial charge in [-0.3, -0.25) is 0 Å². The van der Waals surface area contributed by atoms with Crippen molar-refractivity contribution >= 4 is 5.69 Å². The number of fused-ring (bicyclic) bond motifs is 1. The summed E-state index contributed by atoms with van der Waals surface area (Å²) in [6.45, 7) is 7.23. The molecule has 2 nitrogen and oxygen atoms in total. The fourth-order valence-electron chi connectivity index (χ4n) is 2.71. The molecule has 3 rings (SSSR count). The summed E-state index contributed by atoms with van der Waals surface area (Å²) in [7, 11) is 0. The lowest BCUT2D eigenvalue weighted by molar-refractivity contribution is 0.246. The van der Waals surface area contributed by atoms with Crippen LogP contribution < -0.4 is 10.1 Å². The van der Waals surface area contributed by atoms with E-state index in [1.165, 1.54) is 27.9 Å². The lowest BCUT2D eigenvalue weighted by atomic mass is 10.1. The molecule has 0 saturated carbocycles. The zero-order valence-electron chi connectivity index (χ0n) is 12.4. The van der Waals surface area contributed by atoms with Gasteiger partial charge in [0.2, 0.25) is 0 Å². The number of benzene rings is 2. The van der Waals surface area contributed by atoms with E-state index in [-0.39, 0.29) is 6.10 Å². The van der Waals surface area contributed by atoms with Gasteiger partial charge in [0.25, 0.3) is 0 Å². The summed E-state index contributed by atoms with van der Waals surface area (Å²) in [5.41, 5.74) is 6.40. The zero-order valence-corrected chi connectivity index (χ0v) is 12.4. The second kappa shape index (κ2) is 5.20. The van der Waals surface area contributed by atoms with Gasteiger partial charge in [0.15, 0.2) is 0 Å². The Balaban J connectivity index is 1.65. The van der Waals surface area contributed by atoms with Crippen LogP contribution >= 0.6 is 0 Å². The number of nitrogens with one attached hydrogen (secondary N) is 1. The van der Waals surface area contributed by atoms with Crippen LogP contribution in [0.1, 0.15) is 22.3 Å². The molecule has 20 heavy (non-hydrogen) atoms. The molecule has 1 unspecified atom stereocenters. The second-order valence-electron chi connectivity index (χ2n) is 5.75. The Hall–Kier alpha value is -1.96. The minimum atomic E-state index is 0.228. The van der Waals surface area contributed by atoms with Gasteiger partial charge in [0.1, 0.15) is 11.9 Å². The Morgan fingerprint density at radius 1 is 1.05 bits per heavy atom. The Morgan fingerprint density at radius 3 is 2.65 bits per heavy atom. The average Bonchev–Trinajstić information content (AvgIpc) is 2.81. The fourth-order valence-corrected chi connectivity index (χ4v) is 2.71. The molecule has 0 amide bonds. The molecular formula is C18H21NO. The van der Waals surface area contributed by atoms with E-state index in [4.69, 9.17) is 4.74 Å². The fraction of sp³-hybridized carbons (Fsp3) is 0.333. The summed E-state index contributed by atoms with van der Waals surface area (Å²) in [5, 5.41) is 3.52. The highest BCUT2D eigenvalue weighted by Crippen LogP contribution is 2.29. The number of rotatable bonds is 3. The van der Waals surface area contributed by atoms with E-state index in [2.05, 4.69) is 62.5 Å². The first-order valence-corrected chi connectivity index (χ1v) is 7.19. The topological polar surface area (TPSA) is 21.3 Å². The zero-order chi connectivity index (χ0) is 14.1. The van der Waals surface area contributed by atoms with Gasteiger partial charge < -0.3 is 10.1 Å². The predicted molar refractivity (Wildman–Crippen MR) is 83.7 cm³/mol. The maximum atomic E-state index is 5.99. The van der Waals surface area contributed by atoms with E-state index in [1.807, 2.05) is 0 Å². The average molecular weight is 267 g/mol. The number of hydrogen-bond acceptors (Lipinski definition) is 2. The number of anilines is 1. The van der Waals surface area contributed by atoms with Gasteiger partial charge >= 0.3 is 0 Å². The minimum Gasteiger partial charge on any atom is -0.488 e. The Morgan fingerprint density at radius 2 is 1.80 bits per heavy atom. The molecule has 104 valence electrons. The van der Waals surface area contributed by atoms with Gasteiger partial charge in [-0.15, -0.1) is 0 Å². The Labute approximate surface area is 120 Å². The summed E-state index contributed by atoms with van der Waals surface area (Å²) in [4.78, 5) is 0. The molecule has 1 atom stereocenters. The van der Waals surface area contributed by atoms with Crippen molar-refractivity contribution in [1.82, 2.24) is 0 Å². The third-order valence-corrected chi connectivity index (χ3v) is 3.87. The Kier molecular flexibility index (Phi) is 3.39. The minimum absolute atomic E-state index is 0.228. The molecule has 0 aromatic heterocycles. The number of aryl methyl sites for hydroxylation is 3. The van der Waals surface area contributed by atoms with Gasteiger partial charge in [0.05, 0.1) is 6.54 Å². The molecule has 1 aliphatic heterocycles. The second-order valence-corrected chi connectivity index (χ2v) is 5.75. The molecule has 0 radical (unpaired) electrons. The van der Waals surface area contributed by atoms with E-state index in [9.17, 15) is 0 Å². The largest absolute Gasteiger partial charge is 0.488 e. The van der Waals surface area contributed by atoms with Crippen LogP contribution in [0.4, 0.5) is 5.69 Å². The van der Waals surface area contributed by atoms with E-state index < -0.39 is 0 Å². The van der Waals surface area contributed by atoms with Crippen molar-refractivity contribution in [2.45, 2.75) is 33.3 Å². The molecule has 1 aliphatic rings. The number of hydrogen-bond donors (Lipinski definition) is 1. The highest BCUT2D eigenvalue weighted by molar-refractivity contribution is 5.52. The van der Waals surface area contributed by atoms with Crippen molar-refractivity contribution in [2.75, 3.05) is 11.9 Å². The summed E-state index contributed by atoms with van der Waals surface area (Å²) in [5.74, 6) is 1.04. The maximum absolute atomic E-state index is 5.99. The smallest absolute Gasteiger partial charge is 0.123 e. The molecule has 1 N–H and O–H groups in total. The van der Waals surface area contributed by atoms with Gasteiger partial charge in [-0.2, -0.15) is 0 Å². The van der Waals surface area contributed by atoms with Crippen LogP contribution in [-0.4, -0.2) is 12.6 Å². The normalized spacial score (nSPS) is 16.6. The molecule has 2 aromatic rings. The van der Waals surface area contributed by atoms with Crippen LogP contribution in [0.25, 0.3) is 0 Å². The Bertz CT molecular complexity index is 633. The lowest BCUT2D eigenvalue weighted by Crippen LogP contribution is -2.24. The van der Waals surface area contributed by atoms with Crippen molar-refractivity contribution in [1.29, 1.82) is 0 Å². The summed E-state index contributed by atoms with van der Waals surface area (Å²) >= 11 is 0. The summed E-state index contributed by atoms with van der Waals surface area (Å²) in [6, 6.07) is 12.9. The monoisotopic (exact) mass is 267 g/mol. The third kappa shape index (κ3) is 2.64. The molecule has 0 fully saturated rings. The van der Waals surface area contributed by atoms with Crippen LogP contribution in [0.15, 0.2) is 36.4 Å². The van der Waals surface area contributed by atoms with Crippen LogP contribution in [0.5, 0.6) is 5.75 Å². The first-order chi connectivity index (χ1) is 9.61. The first kappa shape index (κ1) is 13.0. The van der Waals surface area contributed by atoms with Crippen LogP contribution in [-0.2, 0) is 6.42 Å². The third-order valence-electron chi connectivity index (χ3n) is 3.87. The van der Waals surface area contributed by atoms with Gasteiger partial charge in [0, 0.05) is 12.1 Å². The van der Waals surface area contributed by atoms with Crippen LogP contribution in [0.2, 0.25) is 0 Å². The molecule has 1 heterocycles. The maximum Gasteiger partial charge on any atom is 0.123 e. The lowest BCUT2D eigenvalue weighted by Gasteiger charge is -2.15. The van der Waals surface area contributed by atoms with Crippen molar-refractivity contribution in [3.8, 4) is 5.75 Å². The highest BCUT2D eigenvalue weighted by Gasteiger charge is 2.22. The van der Waals surface area contributed by atoms with Crippen molar-refractivity contribution in [3.63, 3.8) is 0 Å². The van der Waals surface area contributed by atoms with E-state index in [1.54, 1.807) is 0 Å². The van der Waals surface area contributed by atoms with Gasteiger partial charge in [-0.1, -0.05) is 29.8 Å². The van der Waals surface area contributed by atoms with Gasteiger partial charge in [-0.05, 0) is 49.6 Å². The van der Waals surface area contributed by atoms with Crippen LogP contribution in [0, 0.1) is 20.8 Å². The summed E-state index contributed by atoms with van der Waals surface area (Å²) < 4.78 is 5.99. The molecule has 0 saturated heterocycles. The predicted octanol–water partition coefficient (Wildman–Crippen LogP) is 4.03. The van der Waals surface area contributed by atoms with E-state index in [0.717, 1.165) is 18.7 Å². The standard InChI is InChI=1S/C18H21NO/c1-12-5-7-18-15(8-12)10-16(20-18)11-19-17-9-13(2)4-6-14(17)3/h4-9,16,19H,10-11H2,1-3H3. The molecule has 2 aromatic carbocycles. The molecule has 0 spiro atoms. The number of ether oxygens (including phenoxy) is 1. The molecule has 0 bridgehead atoms. The molecule has 2 heteroatoms. The summed E-state index contributed by atoms with van der Waals surface area (Å²) in [6.07, 6.45) is 1.22. The van der Waals surface area contributed by atoms with Crippen molar-refractivity contribution in [2.24, 2.45) is 0 Å². The SMILES string of the molecule is Cc1ccc2c(c1)CC(CNc1cc(C)ccc1C)O2. The highest BCUT2D eigenvalue weighted by atomic mass is 16.5. The molecule has 0 aliphatic carbocycles.